The lowest BCUT2D eigenvalue weighted by atomic mass is 10.3. The lowest BCUT2D eigenvalue weighted by molar-refractivity contribution is 0.311. The van der Waals surface area contributed by atoms with Gasteiger partial charge < -0.3 is 10.4 Å². The van der Waals surface area contributed by atoms with Gasteiger partial charge in [-0.15, -0.1) is 0 Å². The molecule has 0 unspecified atom stereocenters. The molecular weight excluding hydrogens is 190 g/mol. The summed E-state index contributed by atoms with van der Waals surface area (Å²) < 4.78 is 0. The van der Waals surface area contributed by atoms with Crippen molar-refractivity contribution in [2.45, 2.75) is 0 Å². The molecule has 1 aromatic heterocycles. The molecule has 0 aliphatic carbocycles. The third kappa shape index (κ3) is 2.58. The number of nitriles is 1. The monoisotopic (exact) mass is 197 g/mol. The Morgan fingerprint density at radius 1 is 1.69 bits per heavy atom. The van der Waals surface area contributed by atoms with Gasteiger partial charge in [-0.1, -0.05) is 11.6 Å². The summed E-state index contributed by atoms with van der Waals surface area (Å²) in [6.45, 7) is 0.399. The first kappa shape index (κ1) is 9.78. The molecule has 0 aliphatic rings. The van der Waals surface area contributed by atoms with Crippen molar-refractivity contribution < 1.29 is 5.11 Å². The van der Waals surface area contributed by atoms with Gasteiger partial charge in [0, 0.05) is 12.7 Å². The molecule has 0 fully saturated rings. The van der Waals surface area contributed by atoms with Gasteiger partial charge in [0.2, 0.25) is 0 Å². The van der Waals surface area contributed by atoms with E-state index >= 15 is 0 Å². The van der Waals surface area contributed by atoms with Gasteiger partial charge in [-0.3, -0.25) is 0 Å². The topological polar surface area (TPSA) is 68.9 Å². The fourth-order valence-electron chi connectivity index (χ4n) is 0.803. The minimum absolute atomic E-state index is 0.0119. The Balaban J connectivity index is 2.81. The second kappa shape index (κ2) is 4.65. The number of hydrogen-bond acceptors (Lipinski definition) is 4. The lowest BCUT2D eigenvalue weighted by Crippen LogP contribution is -2.07. The maximum atomic E-state index is 8.53. The molecule has 2 N–H and O–H groups in total. The Labute approximate surface area is 80.8 Å². The number of pyridine rings is 1. The van der Waals surface area contributed by atoms with E-state index in [4.69, 9.17) is 22.0 Å². The first-order valence-electron chi connectivity index (χ1n) is 3.68. The van der Waals surface area contributed by atoms with Crippen LogP contribution in [0, 0.1) is 11.3 Å². The van der Waals surface area contributed by atoms with Crippen LogP contribution in [0.4, 0.5) is 5.82 Å². The van der Waals surface area contributed by atoms with E-state index in [9.17, 15) is 0 Å². The zero-order valence-corrected chi connectivity index (χ0v) is 7.54. The number of anilines is 1. The van der Waals surface area contributed by atoms with Crippen LogP contribution in [0.15, 0.2) is 12.3 Å². The third-order valence-corrected chi connectivity index (χ3v) is 1.66. The lowest BCUT2D eigenvalue weighted by Gasteiger charge is -2.04. The summed E-state index contributed by atoms with van der Waals surface area (Å²) in [4.78, 5) is 3.91. The van der Waals surface area contributed by atoms with Crippen molar-refractivity contribution in [3.05, 3.63) is 22.8 Å². The third-order valence-electron chi connectivity index (χ3n) is 1.37. The Morgan fingerprint density at radius 2 is 2.46 bits per heavy atom. The maximum Gasteiger partial charge on any atom is 0.144 e. The summed E-state index contributed by atoms with van der Waals surface area (Å²) in [5.41, 5.74) is 0.416. The van der Waals surface area contributed by atoms with Gasteiger partial charge in [0.25, 0.3) is 0 Å². The molecular formula is C8H8ClN3O. The van der Waals surface area contributed by atoms with Crippen LogP contribution in [0.25, 0.3) is 0 Å². The molecule has 0 atom stereocenters. The molecule has 1 rings (SSSR count). The van der Waals surface area contributed by atoms with Crippen LogP contribution in [0.1, 0.15) is 5.56 Å². The van der Waals surface area contributed by atoms with E-state index in [1.807, 2.05) is 6.07 Å². The number of halogens is 1. The van der Waals surface area contributed by atoms with Crippen molar-refractivity contribution in [1.29, 1.82) is 5.26 Å². The average molecular weight is 198 g/mol. The van der Waals surface area contributed by atoms with E-state index in [1.54, 1.807) is 0 Å². The van der Waals surface area contributed by atoms with Gasteiger partial charge in [-0.2, -0.15) is 5.26 Å². The molecule has 0 bridgehead atoms. The van der Waals surface area contributed by atoms with Gasteiger partial charge in [-0.05, 0) is 6.07 Å². The van der Waals surface area contributed by atoms with Gasteiger partial charge in [0.15, 0.2) is 0 Å². The van der Waals surface area contributed by atoms with E-state index in [-0.39, 0.29) is 6.61 Å². The molecule has 0 spiro atoms. The largest absolute Gasteiger partial charge is 0.395 e. The van der Waals surface area contributed by atoms with Crippen molar-refractivity contribution >= 4 is 17.4 Å². The summed E-state index contributed by atoms with van der Waals surface area (Å²) in [6.07, 6.45) is 1.42. The minimum atomic E-state index is 0.0119. The normalized spacial score (nSPS) is 9.31. The van der Waals surface area contributed by atoms with Gasteiger partial charge in [0.1, 0.15) is 11.9 Å². The SMILES string of the molecule is N#Cc1cnc(NCCO)c(Cl)c1. The van der Waals surface area contributed by atoms with Gasteiger partial charge >= 0.3 is 0 Å². The zero-order valence-electron chi connectivity index (χ0n) is 6.79. The fourth-order valence-corrected chi connectivity index (χ4v) is 1.04. The summed E-state index contributed by atoms with van der Waals surface area (Å²) in [5, 5.41) is 20.2. The van der Waals surface area contributed by atoms with E-state index in [0.29, 0.717) is 22.9 Å². The van der Waals surface area contributed by atoms with Gasteiger partial charge in [0.05, 0.1) is 17.2 Å². The molecule has 68 valence electrons. The Hall–Kier alpha value is -1.31. The highest BCUT2D eigenvalue weighted by Gasteiger charge is 2.01. The van der Waals surface area contributed by atoms with Crippen LogP contribution in [-0.4, -0.2) is 23.2 Å². The second-order valence-corrected chi connectivity index (χ2v) is 2.72. The number of hydrogen-bond donors (Lipinski definition) is 2. The molecule has 0 saturated carbocycles. The molecule has 1 aromatic rings. The zero-order chi connectivity index (χ0) is 9.68. The molecule has 5 heteroatoms. The molecule has 0 radical (unpaired) electrons. The molecule has 0 aromatic carbocycles. The number of aromatic nitrogens is 1. The first-order chi connectivity index (χ1) is 6.27. The maximum absolute atomic E-state index is 8.53. The van der Waals surface area contributed by atoms with Crippen LogP contribution in [0.2, 0.25) is 5.02 Å². The average Bonchev–Trinajstić information content (AvgIpc) is 2.16. The first-order valence-corrected chi connectivity index (χ1v) is 4.06. The second-order valence-electron chi connectivity index (χ2n) is 2.32. The Morgan fingerprint density at radius 3 is 3.00 bits per heavy atom. The summed E-state index contributed by atoms with van der Waals surface area (Å²) in [7, 11) is 0. The van der Waals surface area contributed by atoms with Crippen LogP contribution in [-0.2, 0) is 0 Å². The van der Waals surface area contributed by atoms with Crippen LogP contribution < -0.4 is 5.32 Å². The molecule has 0 amide bonds. The highest BCUT2D eigenvalue weighted by molar-refractivity contribution is 6.33. The molecule has 1 heterocycles. The van der Waals surface area contributed by atoms with Crippen LogP contribution in [0.5, 0.6) is 0 Å². The number of rotatable bonds is 3. The van der Waals surface area contributed by atoms with Crippen molar-refractivity contribution in [3.63, 3.8) is 0 Å². The molecule has 0 aliphatic heterocycles. The van der Waals surface area contributed by atoms with E-state index in [0.717, 1.165) is 0 Å². The van der Waals surface area contributed by atoms with Crippen LogP contribution in [0.3, 0.4) is 0 Å². The van der Waals surface area contributed by atoms with E-state index in [2.05, 4.69) is 10.3 Å². The molecule has 0 saturated heterocycles. The van der Waals surface area contributed by atoms with E-state index < -0.39 is 0 Å². The minimum Gasteiger partial charge on any atom is -0.395 e. The van der Waals surface area contributed by atoms with Crippen LogP contribution >= 0.6 is 11.6 Å². The standard InChI is InChI=1S/C8H8ClN3O/c9-7-3-6(4-10)5-12-8(7)11-1-2-13/h3,5,13H,1-2H2,(H,11,12). The fraction of sp³-hybridized carbons (Fsp3) is 0.250. The molecule has 4 nitrogen and oxygen atoms in total. The predicted octanol–water partition coefficient (Wildman–Crippen LogP) is 1.01. The Kier molecular flexibility index (Phi) is 3.50. The highest BCUT2D eigenvalue weighted by atomic mass is 35.5. The van der Waals surface area contributed by atoms with E-state index in [1.165, 1.54) is 12.3 Å². The quantitative estimate of drug-likeness (QED) is 0.759. The van der Waals surface area contributed by atoms with Crippen molar-refractivity contribution in [2.75, 3.05) is 18.5 Å². The number of nitrogens with zero attached hydrogens (tertiary/aromatic N) is 2. The number of aliphatic hydroxyl groups is 1. The number of nitrogens with one attached hydrogen (secondary N) is 1. The number of aliphatic hydroxyl groups excluding tert-OH is 1. The molecule has 13 heavy (non-hydrogen) atoms. The highest BCUT2D eigenvalue weighted by Crippen LogP contribution is 2.19. The van der Waals surface area contributed by atoms with Crippen molar-refractivity contribution in [1.82, 2.24) is 4.98 Å². The predicted molar refractivity (Wildman–Crippen MR) is 49.5 cm³/mol. The smallest absolute Gasteiger partial charge is 0.144 e. The van der Waals surface area contributed by atoms with Gasteiger partial charge in [-0.25, -0.2) is 4.98 Å². The van der Waals surface area contributed by atoms with Crippen molar-refractivity contribution in [2.24, 2.45) is 0 Å². The summed E-state index contributed by atoms with van der Waals surface area (Å²) >= 11 is 5.79. The Bertz CT molecular complexity index is 335. The summed E-state index contributed by atoms with van der Waals surface area (Å²) in [6, 6.07) is 3.45. The van der Waals surface area contributed by atoms with Crippen molar-refractivity contribution in [3.8, 4) is 6.07 Å². The summed E-state index contributed by atoms with van der Waals surface area (Å²) in [5.74, 6) is 0.481.